The third-order valence-electron chi connectivity index (χ3n) is 5.43. The Morgan fingerprint density at radius 3 is 2.29 bits per heavy atom. The second-order valence-electron chi connectivity index (χ2n) is 7.40. The standard InChI is InChI=1S/C24H26F2N2O3/c1-3-5-10-20-21(22(25)26)27(4-2)24(31)28(20)15-16-11-13-17(14-12-16)18-8-6-7-9-19(18)23(29)30/h6-9,11-14,22H,3-5,10,15H2,1-2H3,(H,29,30). The summed E-state index contributed by atoms with van der Waals surface area (Å²) in [6.45, 7) is 4.05. The minimum absolute atomic E-state index is 0.186. The molecule has 5 nitrogen and oxygen atoms in total. The molecule has 0 aliphatic heterocycles. The molecular formula is C24H26F2N2O3. The first-order valence-corrected chi connectivity index (χ1v) is 10.4. The first-order valence-electron chi connectivity index (χ1n) is 10.4. The minimum atomic E-state index is -2.71. The third kappa shape index (κ3) is 4.60. The molecule has 3 rings (SSSR count). The largest absolute Gasteiger partial charge is 0.478 e. The van der Waals surface area contributed by atoms with Crippen LogP contribution in [0, 0.1) is 0 Å². The average molecular weight is 428 g/mol. The lowest BCUT2D eigenvalue weighted by Crippen LogP contribution is -2.25. The van der Waals surface area contributed by atoms with Gasteiger partial charge in [0.2, 0.25) is 0 Å². The molecule has 1 N–H and O–H groups in total. The SMILES string of the molecule is CCCCc1c(C(F)F)n(CC)c(=O)n1Cc1ccc(-c2ccccc2C(=O)O)cc1. The number of halogens is 2. The van der Waals surface area contributed by atoms with Gasteiger partial charge in [-0.05, 0) is 42.5 Å². The summed E-state index contributed by atoms with van der Waals surface area (Å²) in [5, 5.41) is 9.40. The Hall–Kier alpha value is -3.22. The van der Waals surface area contributed by atoms with Gasteiger partial charge in [-0.15, -0.1) is 0 Å². The lowest BCUT2D eigenvalue weighted by atomic mass is 9.99. The van der Waals surface area contributed by atoms with Gasteiger partial charge >= 0.3 is 11.7 Å². The molecule has 0 spiro atoms. The Morgan fingerprint density at radius 2 is 1.71 bits per heavy atom. The van der Waals surface area contributed by atoms with E-state index in [1.165, 1.54) is 4.57 Å². The molecule has 0 fully saturated rings. The maximum absolute atomic E-state index is 13.8. The molecule has 0 aliphatic carbocycles. The highest BCUT2D eigenvalue weighted by Crippen LogP contribution is 2.26. The van der Waals surface area contributed by atoms with Crippen LogP contribution < -0.4 is 5.69 Å². The number of alkyl halides is 2. The predicted molar refractivity (Wildman–Crippen MR) is 116 cm³/mol. The van der Waals surface area contributed by atoms with Crippen LogP contribution in [0.5, 0.6) is 0 Å². The molecule has 0 amide bonds. The van der Waals surface area contributed by atoms with E-state index in [1.54, 1.807) is 55.5 Å². The number of carbonyl (C=O) groups is 1. The maximum Gasteiger partial charge on any atom is 0.336 e. The van der Waals surface area contributed by atoms with E-state index in [4.69, 9.17) is 0 Å². The Kier molecular flexibility index (Phi) is 7.05. The second-order valence-corrected chi connectivity index (χ2v) is 7.40. The van der Waals surface area contributed by atoms with E-state index in [1.807, 2.05) is 6.92 Å². The molecule has 1 aromatic heterocycles. The van der Waals surface area contributed by atoms with Gasteiger partial charge < -0.3 is 5.11 Å². The van der Waals surface area contributed by atoms with Crippen LogP contribution in [0.4, 0.5) is 8.78 Å². The summed E-state index contributed by atoms with van der Waals surface area (Å²) < 4.78 is 30.1. The number of nitrogens with zero attached hydrogens (tertiary/aromatic N) is 2. The molecule has 164 valence electrons. The number of aromatic carboxylic acids is 1. The van der Waals surface area contributed by atoms with Gasteiger partial charge in [0.1, 0.15) is 5.69 Å². The highest BCUT2D eigenvalue weighted by molar-refractivity contribution is 5.95. The topological polar surface area (TPSA) is 64.2 Å². The van der Waals surface area contributed by atoms with Gasteiger partial charge in [-0.3, -0.25) is 9.13 Å². The number of carboxylic acid groups (broad SMARTS) is 1. The average Bonchev–Trinajstić information content (AvgIpc) is 3.03. The maximum atomic E-state index is 13.8. The van der Waals surface area contributed by atoms with Gasteiger partial charge in [-0.25, -0.2) is 18.4 Å². The lowest BCUT2D eigenvalue weighted by Gasteiger charge is -2.11. The van der Waals surface area contributed by atoms with Crippen LogP contribution in [0.25, 0.3) is 11.1 Å². The summed E-state index contributed by atoms with van der Waals surface area (Å²) >= 11 is 0. The molecule has 1 heterocycles. The molecule has 31 heavy (non-hydrogen) atoms. The van der Waals surface area contributed by atoms with E-state index in [0.29, 0.717) is 17.7 Å². The monoisotopic (exact) mass is 428 g/mol. The summed E-state index contributed by atoms with van der Waals surface area (Å²) in [6.07, 6.45) is -0.734. The number of imidazole rings is 1. The number of carboxylic acids is 1. The first kappa shape index (κ1) is 22.5. The molecule has 0 aliphatic rings. The van der Waals surface area contributed by atoms with Crippen molar-refractivity contribution in [1.82, 2.24) is 9.13 Å². The Bertz CT molecular complexity index is 1110. The highest BCUT2D eigenvalue weighted by atomic mass is 19.3. The fourth-order valence-electron chi connectivity index (χ4n) is 3.87. The van der Waals surface area contributed by atoms with Crippen LogP contribution in [0.1, 0.15) is 60.4 Å². The van der Waals surface area contributed by atoms with Gasteiger partial charge in [-0.1, -0.05) is 55.8 Å². The number of hydrogen-bond acceptors (Lipinski definition) is 2. The van der Waals surface area contributed by atoms with Gasteiger partial charge in [0, 0.05) is 12.2 Å². The van der Waals surface area contributed by atoms with E-state index in [0.717, 1.165) is 28.5 Å². The van der Waals surface area contributed by atoms with Gasteiger partial charge in [0.05, 0.1) is 12.1 Å². The zero-order valence-electron chi connectivity index (χ0n) is 17.6. The van der Waals surface area contributed by atoms with Crippen LogP contribution in [-0.2, 0) is 19.5 Å². The molecule has 0 bridgehead atoms. The smallest absolute Gasteiger partial charge is 0.336 e. The minimum Gasteiger partial charge on any atom is -0.478 e. The number of unbranched alkanes of at least 4 members (excludes halogenated alkanes) is 1. The van der Waals surface area contributed by atoms with E-state index >= 15 is 0 Å². The van der Waals surface area contributed by atoms with Crippen LogP contribution in [0.15, 0.2) is 53.3 Å². The molecular weight excluding hydrogens is 402 g/mol. The first-order chi connectivity index (χ1) is 14.9. The van der Waals surface area contributed by atoms with Crippen LogP contribution in [0.3, 0.4) is 0 Å². The quantitative estimate of drug-likeness (QED) is 0.499. The number of hydrogen-bond donors (Lipinski definition) is 1. The Labute approximate surface area is 179 Å². The van der Waals surface area contributed by atoms with E-state index < -0.39 is 18.1 Å². The van der Waals surface area contributed by atoms with E-state index in [2.05, 4.69) is 0 Å². The van der Waals surface area contributed by atoms with Gasteiger partial charge in [-0.2, -0.15) is 0 Å². The number of aromatic nitrogens is 2. The molecule has 0 saturated carbocycles. The molecule has 2 aromatic carbocycles. The van der Waals surface area contributed by atoms with Crippen LogP contribution >= 0.6 is 0 Å². The zero-order chi connectivity index (χ0) is 22.5. The molecule has 0 radical (unpaired) electrons. The Balaban J connectivity index is 1.98. The van der Waals surface area contributed by atoms with Crippen molar-refractivity contribution in [2.45, 2.75) is 52.6 Å². The fourth-order valence-corrected chi connectivity index (χ4v) is 3.87. The van der Waals surface area contributed by atoms with Crippen molar-refractivity contribution < 1.29 is 18.7 Å². The van der Waals surface area contributed by atoms with Gasteiger partial charge in [0.25, 0.3) is 6.43 Å². The van der Waals surface area contributed by atoms with Crippen LogP contribution in [0.2, 0.25) is 0 Å². The summed E-state index contributed by atoms with van der Waals surface area (Å²) in [7, 11) is 0. The Morgan fingerprint density at radius 1 is 1.03 bits per heavy atom. The highest BCUT2D eigenvalue weighted by Gasteiger charge is 2.25. The van der Waals surface area contributed by atoms with Crippen molar-refractivity contribution in [2.24, 2.45) is 0 Å². The molecule has 0 unspecified atom stereocenters. The van der Waals surface area contributed by atoms with E-state index in [-0.39, 0.29) is 24.3 Å². The van der Waals surface area contributed by atoms with Crippen LogP contribution in [-0.4, -0.2) is 20.2 Å². The predicted octanol–water partition coefficient (Wildman–Crippen LogP) is 5.36. The molecule has 0 saturated heterocycles. The zero-order valence-corrected chi connectivity index (χ0v) is 17.6. The van der Waals surface area contributed by atoms with Crippen molar-refractivity contribution >= 4 is 5.97 Å². The van der Waals surface area contributed by atoms with E-state index in [9.17, 15) is 23.5 Å². The van der Waals surface area contributed by atoms with Crippen molar-refractivity contribution in [3.63, 3.8) is 0 Å². The molecule has 0 atom stereocenters. The summed E-state index contributed by atoms with van der Waals surface area (Å²) in [5.41, 5.74) is 2.10. The summed E-state index contributed by atoms with van der Waals surface area (Å²) in [4.78, 5) is 24.3. The van der Waals surface area contributed by atoms with Gasteiger partial charge in [0.15, 0.2) is 0 Å². The van der Waals surface area contributed by atoms with Crippen molar-refractivity contribution in [3.05, 3.63) is 81.5 Å². The normalized spacial score (nSPS) is 11.3. The number of rotatable bonds is 9. The molecule has 3 aromatic rings. The third-order valence-corrected chi connectivity index (χ3v) is 5.43. The van der Waals surface area contributed by atoms with Crippen molar-refractivity contribution in [3.8, 4) is 11.1 Å². The summed E-state index contributed by atoms with van der Waals surface area (Å²) in [5.74, 6) is -1.01. The second kappa shape index (κ2) is 9.73. The fraction of sp³-hybridized carbons (Fsp3) is 0.333. The van der Waals surface area contributed by atoms with Crippen molar-refractivity contribution in [1.29, 1.82) is 0 Å². The summed E-state index contributed by atoms with van der Waals surface area (Å²) in [6, 6.07) is 13.9. The lowest BCUT2D eigenvalue weighted by molar-refractivity contribution is 0.0697. The molecule has 7 heteroatoms. The number of benzene rings is 2. The van der Waals surface area contributed by atoms with Crippen molar-refractivity contribution in [2.75, 3.05) is 0 Å².